The average Bonchev–Trinajstić information content (AvgIpc) is 3.40. The van der Waals surface area contributed by atoms with Gasteiger partial charge in [-0.15, -0.1) is 5.10 Å². The van der Waals surface area contributed by atoms with E-state index in [-0.39, 0.29) is 34.6 Å². The Kier molecular flexibility index (Phi) is 10.1. The fraction of sp³-hybridized carbons (Fsp3) is 0.513. The minimum absolute atomic E-state index is 0.0559. The third-order valence-electron chi connectivity index (χ3n) is 11.2. The summed E-state index contributed by atoms with van der Waals surface area (Å²) in [5, 5.41) is 4.93. The molecule has 2 aliphatic heterocycles. The summed E-state index contributed by atoms with van der Waals surface area (Å²) in [5.74, 6) is 0.0729. The zero-order valence-electron chi connectivity index (χ0n) is 29.8. The van der Waals surface area contributed by atoms with Gasteiger partial charge >= 0.3 is 0 Å². The number of hydrogen-bond donors (Lipinski definition) is 0. The van der Waals surface area contributed by atoms with Crippen LogP contribution in [0, 0.1) is 17.8 Å². The first-order valence-corrected chi connectivity index (χ1v) is 20.1. The standard InChI is InChI=1S/C39H47ClN4O6S/c1-25-7-5-9-35(48-3)30-13-10-28(30)19-44-23-39(16-6-8-26-17-29(40)12-14-32(26)39)24-50-36-15-11-27(18-33(36)44)37(46)42-51(47,21-25)22-34(45)31-20-43(2)41-38(31)49-4/h5,9,11-12,14-15,17-18,20,25,28,30,35H,6-8,10,13,16,19,21-24H2,1-4H3/b9-5-/t25-,28-,30+,35-,39-,51+/m0/s1. The molecule has 0 unspecified atom stereocenters. The normalized spacial score (nSPS) is 29.8. The summed E-state index contributed by atoms with van der Waals surface area (Å²) in [6.45, 7) is 3.98. The molecule has 1 aromatic heterocycles. The van der Waals surface area contributed by atoms with Crippen molar-refractivity contribution in [3.63, 3.8) is 0 Å². The molecule has 1 saturated carbocycles. The monoisotopic (exact) mass is 734 g/mol. The van der Waals surface area contributed by atoms with Crippen LogP contribution in [-0.2, 0) is 33.3 Å². The summed E-state index contributed by atoms with van der Waals surface area (Å²) in [4.78, 5) is 30.0. The van der Waals surface area contributed by atoms with E-state index in [0.717, 1.165) is 55.9 Å². The van der Waals surface area contributed by atoms with E-state index in [0.29, 0.717) is 36.2 Å². The van der Waals surface area contributed by atoms with Crippen molar-refractivity contribution in [3.8, 4) is 11.6 Å². The number of nitrogens with zero attached hydrogens (tertiary/aromatic N) is 4. The SMILES string of the molecule is COc1nn(C)cc1C(=O)C[S@@]1(=O)=NC(=O)c2ccc3c(c2)N(C[C@@H]2CC[C@H]2[C@@H](OC)/C=C\C[C@H](C)C1)C[C@@]1(CCCc2cc(Cl)ccc21)CO3. The molecule has 1 spiro atoms. The van der Waals surface area contributed by atoms with Crippen molar-refractivity contribution >= 4 is 38.7 Å². The van der Waals surface area contributed by atoms with Gasteiger partial charge in [0.25, 0.3) is 5.91 Å². The topological polar surface area (TPSA) is 112 Å². The lowest BCUT2D eigenvalue weighted by Crippen LogP contribution is -2.49. The summed E-state index contributed by atoms with van der Waals surface area (Å²) in [6.07, 6.45) is 11.5. The number of carbonyl (C=O) groups excluding carboxylic acids is 2. The molecule has 3 aromatic rings. The van der Waals surface area contributed by atoms with Crippen molar-refractivity contribution in [1.29, 1.82) is 0 Å². The number of allylic oxidation sites excluding steroid dienone is 1. The Hall–Kier alpha value is -3.67. The molecule has 272 valence electrons. The number of rotatable bonds is 5. The second-order valence-electron chi connectivity index (χ2n) is 14.9. The average molecular weight is 735 g/mol. The smallest absolute Gasteiger partial charge is 0.285 e. The highest BCUT2D eigenvalue weighted by Gasteiger charge is 2.44. The number of hydrogen-bond acceptors (Lipinski definition) is 8. The number of halogens is 1. The summed E-state index contributed by atoms with van der Waals surface area (Å²) >= 11 is 6.46. The number of fused-ring (bicyclic) bond motifs is 4. The molecule has 0 N–H and O–H groups in total. The third kappa shape index (κ3) is 7.22. The Labute approximate surface area is 305 Å². The summed E-state index contributed by atoms with van der Waals surface area (Å²) in [6, 6.07) is 11.6. The number of ketones is 1. The number of aromatic nitrogens is 2. The maximum Gasteiger partial charge on any atom is 0.285 e. The van der Waals surface area contributed by atoms with Gasteiger partial charge in [-0.1, -0.05) is 36.7 Å². The highest BCUT2D eigenvalue weighted by atomic mass is 35.5. The minimum atomic E-state index is -3.34. The van der Waals surface area contributed by atoms with Crippen molar-refractivity contribution in [2.24, 2.45) is 29.2 Å². The van der Waals surface area contributed by atoms with Crippen LogP contribution < -0.4 is 14.4 Å². The zero-order chi connectivity index (χ0) is 35.9. The molecule has 1 amide bonds. The number of Topliss-reactive ketones (excluding diaryl/α,β-unsaturated/α-hetero) is 1. The van der Waals surface area contributed by atoms with E-state index in [1.165, 1.54) is 22.9 Å². The van der Waals surface area contributed by atoms with Crippen molar-refractivity contribution in [2.45, 2.75) is 57.0 Å². The molecule has 51 heavy (non-hydrogen) atoms. The van der Waals surface area contributed by atoms with E-state index in [1.807, 2.05) is 25.1 Å². The van der Waals surface area contributed by atoms with Crippen LogP contribution in [0.15, 0.2) is 59.1 Å². The molecule has 6 atom stereocenters. The first-order chi connectivity index (χ1) is 24.5. The first-order valence-electron chi connectivity index (χ1n) is 17.9. The molecule has 4 aliphatic rings. The van der Waals surface area contributed by atoms with Gasteiger partial charge in [-0.3, -0.25) is 14.3 Å². The van der Waals surface area contributed by atoms with Crippen molar-refractivity contribution in [3.05, 3.63) is 82.0 Å². The van der Waals surface area contributed by atoms with Crippen LogP contribution >= 0.6 is 11.6 Å². The number of anilines is 1. The first kappa shape index (κ1) is 35.7. The lowest BCUT2D eigenvalue weighted by molar-refractivity contribution is 0.0131. The van der Waals surface area contributed by atoms with E-state index >= 15 is 0 Å². The van der Waals surface area contributed by atoms with Crippen LogP contribution in [0.4, 0.5) is 5.69 Å². The van der Waals surface area contributed by atoms with Crippen molar-refractivity contribution in [2.75, 3.05) is 50.3 Å². The quantitative estimate of drug-likeness (QED) is 0.211. The third-order valence-corrected chi connectivity index (χ3v) is 13.8. The number of aryl methyl sites for hydroxylation is 2. The van der Waals surface area contributed by atoms with E-state index in [4.69, 9.17) is 25.8 Å². The largest absolute Gasteiger partial charge is 0.490 e. The molecule has 2 aliphatic carbocycles. The highest BCUT2D eigenvalue weighted by molar-refractivity contribution is 7.94. The van der Waals surface area contributed by atoms with Crippen LogP contribution in [0.5, 0.6) is 11.6 Å². The van der Waals surface area contributed by atoms with Crippen LogP contribution in [0.1, 0.15) is 70.9 Å². The summed E-state index contributed by atoms with van der Waals surface area (Å²) < 4.78 is 38.6. The maximum atomic E-state index is 14.7. The Balaban J connectivity index is 1.31. The van der Waals surface area contributed by atoms with Gasteiger partial charge in [0.1, 0.15) is 11.3 Å². The predicted octanol–water partition coefficient (Wildman–Crippen LogP) is 6.68. The molecule has 12 heteroatoms. The fourth-order valence-corrected chi connectivity index (χ4v) is 11.0. The Bertz CT molecular complexity index is 1990. The van der Waals surface area contributed by atoms with Crippen LogP contribution in [0.2, 0.25) is 5.02 Å². The van der Waals surface area contributed by atoms with Crippen LogP contribution in [0.25, 0.3) is 0 Å². The lowest BCUT2D eigenvalue weighted by atomic mass is 9.68. The van der Waals surface area contributed by atoms with Crippen molar-refractivity contribution in [1.82, 2.24) is 9.78 Å². The highest BCUT2D eigenvalue weighted by Crippen LogP contribution is 2.47. The van der Waals surface area contributed by atoms with Crippen LogP contribution in [0.3, 0.4) is 0 Å². The van der Waals surface area contributed by atoms with Gasteiger partial charge in [0, 0.05) is 55.2 Å². The van der Waals surface area contributed by atoms with Crippen molar-refractivity contribution < 1.29 is 28.0 Å². The molecular weight excluding hydrogens is 688 g/mol. The van der Waals surface area contributed by atoms with E-state index in [9.17, 15) is 13.8 Å². The van der Waals surface area contributed by atoms with Gasteiger partial charge < -0.3 is 19.1 Å². The lowest BCUT2D eigenvalue weighted by Gasteiger charge is -2.46. The predicted molar refractivity (Wildman–Crippen MR) is 199 cm³/mol. The van der Waals surface area contributed by atoms with Gasteiger partial charge in [0.2, 0.25) is 5.88 Å². The fourth-order valence-electron chi connectivity index (χ4n) is 8.56. The Morgan fingerprint density at radius 1 is 1.18 bits per heavy atom. The van der Waals surface area contributed by atoms with E-state index in [1.54, 1.807) is 26.4 Å². The molecule has 2 aromatic carbocycles. The van der Waals surface area contributed by atoms with Gasteiger partial charge in [-0.05, 0) is 97.7 Å². The minimum Gasteiger partial charge on any atom is -0.490 e. The summed E-state index contributed by atoms with van der Waals surface area (Å²) in [5.41, 5.74) is 3.63. The second-order valence-corrected chi connectivity index (χ2v) is 17.7. The van der Waals surface area contributed by atoms with E-state index < -0.39 is 27.2 Å². The van der Waals surface area contributed by atoms with Crippen LogP contribution in [-0.4, -0.2) is 77.2 Å². The number of benzene rings is 2. The summed E-state index contributed by atoms with van der Waals surface area (Å²) in [7, 11) is 1.54. The molecular formula is C39H47ClN4O6S. The maximum absolute atomic E-state index is 14.7. The molecule has 0 radical (unpaired) electrons. The number of amides is 1. The Morgan fingerprint density at radius 2 is 2.02 bits per heavy atom. The molecule has 7 rings (SSSR count). The zero-order valence-corrected chi connectivity index (χ0v) is 31.4. The van der Waals surface area contributed by atoms with E-state index in [2.05, 4.69) is 38.6 Å². The number of carbonyl (C=O) groups is 2. The van der Waals surface area contributed by atoms with Gasteiger partial charge in [0.15, 0.2) is 5.78 Å². The molecule has 2 bridgehead atoms. The molecule has 1 fully saturated rings. The Morgan fingerprint density at radius 3 is 2.78 bits per heavy atom. The van der Waals surface area contributed by atoms with Gasteiger partial charge in [0.05, 0.1) is 41.0 Å². The second kappa shape index (κ2) is 14.4. The number of ether oxygens (including phenoxy) is 3. The molecule has 0 saturated heterocycles. The number of methoxy groups -OCH3 is 2. The molecule has 3 heterocycles. The van der Waals surface area contributed by atoms with Gasteiger partial charge in [-0.25, -0.2) is 4.21 Å². The van der Waals surface area contributed by atoms with Gasteiger partial charge in [-0.2, -0.15) is 4.36 Å². The molecule has 10 nitrogen and oxygen atoms in total.